The van der Waals surface area contributed by atoms with Gasteiger partial charge in [0.05, 0.1) is 0 Å². The summed E-state index contributed by atoms with van der Waals surface area (Å²) in [5.41, 5.74) is 1.20. The predicted octanol–water partition coefficient (Wildman–Crippen LogP) is 6.45. The van der Waals surface area contributed by atoms with Gasteiger partial charge in [0.1, 0.15) is 0 Å². The molecule has 0 aromatic rings. The minimum absolute atomic E-state index is 0.594. The molecule has 0 nitrogen and oxygen atoms in total. The second kappa shape index (κ2) is 5.78. The van der Waals surface area contributed by atoms with Crippen molar-refractivity contribution in [3.63, 3.8) is 0 Å². The van der Waals surface area contributed by atoms with Crippen LogP contribution in [0.15, 0.2) is 0 Å². The Hall–Kier alpha value is 0. The van der Waals surface area contributed by atoms with Gasteiger partial charge in [0.2, 0.25) is 0 Å². The quantitative estimate of drug-likeness (QED) is 0.547. The van der Waals surface area contributed by atoms with Gasteiger partial charge in [0.15, 0.2) is 0 Å². The minimum atomic E-state index is 0.594. The van der Waals surface area contributed by atoms with E-state index in [9.17, 15) is 0 Å². The fraction of sp³-hybridized carbons (Fsp3) is 1.00. The van der Waals surface area contributed by atoms with Crippen LogP contribution in [0.25, 0.3) is 0 Å². The summed E-state index contributed by atoms with van der Waals surface area (Å²) in [5.74, 6) is 2.87. The zero-order chi connectivity index (χ0) is 14.1. The molecule has 2 aliphatic carbocycles. The summed E-state index contributed by atoms with van der Waals surface area (Å²) in [7, 11) is 0. The monoisotopic (exact) mass is 264 g/mol. The summed E-state index contributed by atoms with van der Waals surface area (Å²) < 4.78 is 0. The summed E-state index contributed by atoms with van der Waals surface area (Å²) in [6.45, 7) is 12.6. The number of hydrogen-bond donors (Lipinski definition) is 0. The van der Waals surface area contributed by atoms with E-state index >= 15 is 0 Å². The molecule has 2 saturated carbocycles. The van der Waals surface area contributed by atoms with Gasteiger partial charge >= 0.3 is 0 Å². The lowest BCUT2D eigenvalue weighted by molar-refractivity contribution is -0.0153. The molecule has 0 bridgehead atoms. The van der Waals surface area contributed by atoms with Crippen molar-refractivity contribution in [1.29, 1.82) is 0 Å². The van der Waals surface area contributed by atoms with Crippen LogP contribution in [0.4, 0.5) is 0 Å². The van der Waals surface area contributed by atoms with Crippen LogP contribution in [0.2, 0.25) is 0 Å². The molecular formula is C19H36. The molecule has 2 fully saturated rings. The Bertz CT molecular complexity index is 286. The van der Waals surface area contributed by atoms with E-state index in [1.54, 1.807) is 0 Å². The Balaban J connectivity index is 2.15. The molecule has 2 rings (SSSR count). The van der Waals surface area contributed by atoms with Gasteiger partial charge in [-0.25, -0.2) is 0 Å². The molecule has 0 aromatic heterocycles. The molecule has 3 unspecified atom stereocenters. The van der Waals surface area contributed by atoms with E-state index in [2.05, 4.69) is 34.6 Å². The normalized spacial score (nSPS) is 36.6. The largest absolute Gasteiger partial charge is 0.0648 e. The smallest absolute Gasteiger partial charge is 0.0246 e. The second-order valence-corrected chi connectivity index (χ2v) is 8.41. The van der Waals surface area contributed by atoms with Crippen molar-refractivity contribution in [2.75, 3.05) is 0 Å². The molecule has 2 aliphatic rings. The first-order valence-corrected chi connectivity index (χ1v) is 8.93. The van der Waals surface area contributed by atoms with E-state index in [1.807, 2.05) is 0 Å². The molecule has 0 saturated heterocycles. The highest BCUT2D eigenvalue weighted by atomic mass is 14.6. The molecule has 0 spiro atoms. The maximum Gasteiger partial charge on any atom is -0.0246 e. The first-order chi connectivity index (χ1) is 8.93. The Morgan fingerprint density at radius 1 is 1.11 bits per heavy atom. The number of hydrogen-bond acceptors (Lipinski definition) is 0. The molecule has 0 amide bonds. The lowest BCUT2D eigenvalue weighted by atomic mass is 9.54. The lowest BCUT2D eigenvalue weighted by Crippen LogP contribution is -2.42. The van der Waals surface area contributed by atoms with Gasteiger partial charge in [-0.3, -0.25) is 0 Å². The third-order valence-electron chi connectivity index (χ3n) is 7.34. The molecule has 3 atom stereocenters. The van der Waals surface area contributed by atoms with Crippen molar-refractivity contribution < 1.29 is 0 Å². The second-order valence-electron chi connectivity index (χ2n) is 8.41. The minimum Gasteiger partial charge on any atom is -0.0648 e. The molecule has 19 heavy (non-hydrogen) atoms. The van der Waals surface area contributed by atoms with Crippen molar-refractivity contribution in [3.8, 4) is 0 Å². The molecule has 0 heteroatoms. The van der Waals surface area contributed by atoms with Crippen LogP contribution < -0.4 is 0 Å². The number of rotatable bonds is 4. The van der Waals surface area contributed by atoms with Crippen LogP contribution >= 0.6 is 0 Å². The van der Waals surface area contributed by atoms with Crippen molar-refractivity contribution in [2.45, 2.75) is 92.4 Å². The van der Waals surface area contributed by atoms with Crippen molar-refractivity contribution >= 4 is 0 Å². The van der Waals surface area contributed by atoms with E-state index in [4.69, 9.17) is 0 Å². The van der Waals surface area contributed by atoms with E-state index in [1.165, 1.54) is 57.8 Å². The molecule has 0 aliphatic heterocycles. The van der Waals surface area contributed by atoms with E-state index in [0.29, 0.717) is 10.8 Å². The van der Waals surface area contributed by atoms with Gasteiger partial charge in [-0.2, -0.15) is 0 Å². The van der Waals surface area contributed by atoms with E-state index in [-0.39, 0.29) is 0 Å². The lowest BCUT2D eigenvalue weighted by Gasteiger charge is -2.51. The first-order valence-electron chi connectivity index (χ1n) is 8.93. The Kier molecular flexibility index (Phi) is 4.68. The molecule has 0 heterocycles. The maximum absolute atomic E-state index is 2.64. The topological polar surface area (TPSA) is 0 Å². The highest BCUT2D eigenvalue weighted by Crippen LogP contribution is 2.61. The summed E-state index contributed by atoms with van der Waals surface area (Å²) in [5, 5.41) is 0. The highest BCUT2D eigenvalue weighted by Gasteiger charge is 2.51. The van der Waals surface area contributed by atoms with Gasteiger partial charge in [-0.1, -0.05) is 53.9 Å². The van der Waals surface area contributed by atoms with Crippen molar-refractivity contribution in [2.24, 2.45) is 28.6 Å². The van der Waals surface area contributed by atoms with Gasteiger partial charge in [-0.05, 0) is 67.1 Å². The average Bonchev–Trinajstić information content (AvgIpc) is 2.83. The van der Waals surface area contributed by atoms with Crippen LogP contribution in [0.1, 0.15) is 92.4 Å². The van der Waals surface area contributed by atoms with Gasteiger partial charge in [0, 0.05) is 0 Å². The standard InChI is InChI=1S/C19H36/c1-6-19(5,17-10-8-7-9-11-17)18(4)13-12-16(14-18)15(2)3/h15-17H,6-14H2,1-5H3. The van der Waals surface area contributed by atoms with E-state index < -0.39 is 0 Å². The zero-order valence-corrected chi connectivity index (χ0v) is 14.1. The van der Waals surface area contributed by atoms with Crippen LogP contribution in [0.3, 0.4) is 0 Å². The Morgan fingerprint density at radius 3 is 2.21 bits per heavy atom. The molecule has 0 radical (unpaired) electrons. The fourth-order valence-electron chi connectivity index (χ4n) is 5.32. The Morgan fingerprint density at radius 2 is 1.74 bits per heavy atom. The molecular weight excluding hydrogens is 228 g/mol. The van der Waals surface area contributed by atoms with Crippen LogP contribution in [0.5, 0.6) is 0 Å². The van der Waals surface area contributed by atoms with E-state index in [0.717, 1.165) is 17.8 Å². The zero-order valence-electron chi connectivity index (χ0n) is 14.1. The predicted molar refractivity (Wildman–Crippen MR) is 85.3 cm³/mol. The first kappa shape index (κ1) is 15.4. The van der Waals surface area contributed by atoms with Gasteiger partial charge < -0.3 is 0 Å². The molecule has 0 N–H and O–H groups in total. The Labute approximate surface area is 121 Å². The average molecular weight is 264 g/mol. The fourth-order valence-corrected chi connectivity index (χ4v) is 5.32. The summed E-state index contributed by atoms with van der Waals surface area (Å²) in [6, 6.07) is 0. The van der Waals surface area contributed by atoms with Crippen molar-refractivity contribution in [1.82, 2.24) is 0 Å². The SMILES string of the molecule is CCC(C)(C1CCCCC1)C1(C)CCC(C(C)C)C1. The third-order valence-corrected chi connectivity index (χ3v) is 7.34. The van der Waals surface area contributed by atoms with Crippen LogP contribution in [0, 0.1) is 28.6 Å². The third kappa shape index (κ3) is 2.74. The van der Waals surface area contributed by atoms with Gasteiger partial charge in [0.25, 0.3) is 0 Å². The molecule has 112 valence electrons. The summed E-state index contributed by atoms with van der Waals surface area (Å²) in [6.07, 6.45) is 13.3. The summed E-state index contributed by atoms with van der Waals surface area (Å²) >= 11 is 0. The molecule has 0 aromatic carbocycles. The van der Waals surface area contributed by atoms with Crippen LogP contribution in [-0.2, 0) is 0 Å². The van der Waals surface area contributed by atoms with Crippen molar-refractivity contribution in [3.05, 3.63) is 0 Å². The van der Waals surface area contributed by atoms with Crippen LogP contribution in [-0.4, -0.2) is 0 Å². The van der Waals surface area contributed by atoms with Gasteiger partial charge in [-0.15, -0.1) is 0 Å². The highest BCUT2D eigenvalue weighted by molar-refractivity contribution is 5.01. The maximum atomic E-state index is 2.64. The summed E-state index contributed by atoms with van der Waals surface area (Å²) in [4.78, 5) is 0.